The van der Waals surface area contributed by atoms with Gasteiger partial charge < -0.3 is 24.0 Å². The number of carboxylic acids is 1. The van der Waals surface area contributed by atoms with Crippen molar-refractivity contribution in [1.29, 1.82) is 5.26 Å². The van der Waals surface area contributed by atoms with E-state index < -0.39 is 11.8 Å². The van der Waals surface area contributed by atoms with Gasteiger partial charge in [-0.1, -0.05) is 17.7 Å². The minimum absolute atomic E-state index is 0.0172. The smallest absolute Gasteiger partial charge is 0.335 e. The number of benzene rings is 2. The highest BCUT2D eigenvalue weighted by molar-refractivity contribution is 6.30. The van der Waals surface area contributed by atoms with Gasteiger partial charge >= 0.3 is 5.97 Å². The Hall–Kier alpha value is -4.24. The monoisotopic (exact) mass is 604 g/mol. The minimum atomic E-state index is -0.968. The standard InChI is InChI=1S/C31H30ClFN6O4/c1-19(30-35-26-5-4-21(31(40)41)13-27(26)39(30)17-24-6-11-42-24)37-7-9-38(10-8-37)28-14-23(32)15-29(36-28)43-18-22-3-2-20(16-34)12-25(22)33/h2-5,12-15,19,24H,6-11,17-18H2,1H3,(H,40,41)/t19?,24-/m0/s1. The third-order valence-electron chi connectivity index (χ3n) is 8.07. The van der Waals surface area contributed by atoms with Gasteiger partial charge in [-0.2, -0.15) is 10.2 Å². The lowest BCUT2D eigenvalue weighted by atomic mass is 10.1. The fourth-order valence-corrected chi connectivity index (χ4v) is 5.69. The molecular weight excluding hydrogens is 575 g/mol. The van der Waals surface area contributed by atoms with E-state index in [0.29, 0.717) is 36.0 Å². The molecule has 0 aliphatic carbocycles. The first-order chi connectivity index (χ1) is 20.8. The Bertz CT molecular complexity index is 1710. The summed E-state index contributed by atoms with van der Waals surface area (Å²) in [6.07, 6.45) is 1.05. The zero-order chi connectivity index (χ0) is 30.1. The molecule has 0 amide bonds. The van der Waals surface area contributed by atoms with Crippen LogP contribution in [0.1, 0.15) is 46.7 Å². The number of hydrogen-bond donors (Lipinski definition) is 1. The van der Waals surface area contributed by atoms with E-state index in [1.54, 1.807) is 36.4 Å². The Morgan fingerprint density at radius 1 is 1.19 bits per heavy atom. The topological polar surface area (TPSA) is 117 Å². The Labute approximate surface area is 252 Å². The molecule has 43 heavy (non-hydrogen) atoms. The summed E-state index contributed by atoms with van der Waals surface area (Å²) in [6, 6.07) is 14.6. The van der Waals surface area contributed by atoms with Gasteiger partial charge in [0.25, 0.3) is 0 Å². The molecule has 12 heteroatoms. The number of imidazole rings is 1. The summed E-state index contributed by atoms with van der Waals surface area (Å²) in [5.74, 6) is 0.362. The lowest BCUT2D eigenvalue weighted by molar-refractivity contribution is -0.0594. The van der Waals surface area contributed by atoms with E-state index in [-0.39, 0.29) is 35.8 Å². The molecule has 2 aliphatic heterocycles. The first kappa shape index (κ1) is 28.9. The van der Waals surface area contributed by atoms with Crippen molar-refractivity contribution in [2.24, 2.45) is 0 Å². The van der Waals surface area contributed by atoms with E-state index in [1.165, 1.54) is 12.1 Å². The number of fused-ring (bicyclic) bond motifs is 1. The molecule has 10 nitrogen and oxygen atoms in total. The van der Waals surface area contributed by atoms with E-state index in [4.69, 9.17) is 31.3 Å². The largest absolute Gasteiger partial charge is 0.478 e. The van der Waals surface area contributed by atoms with Crippen LogP contribution < -0.4 is 9.64 Å². The Kier molecular flexibility index (Phi) is 8.17. The normalized spacial score (nSPS) is 17.8. The van der Waals surface area contributed by atoms with Crippen LogP contribution in [-0.2, 0) is 17.9 Å². The first-order valence-electron chi connectivity index (χ1n) is 14.1. The molecule has 4 heterocycles. The van der Waals surface area contributed by atoms with Crippen molar-refractivity contribution < 1.29 is 23.8 Å². The molecule has 0 saturated carbocycles. The molecule has 6 rings (SSSR count). The molecule has 2 saturated heterocycles. The van der Waals surface area contributed by atoms with Gasteiger partial charge in [-0.15, -0.1) is 0 Å². The molecule has 0 spiro atoms. The number of nitriles is 1. The van der Waals surface area contributed by atoms with Crippen LogP contribution in [0.15, 0.2) is 48.5 Å². The average molecular weight is 605 g/mol. The summed E-state index contributed by atoms with van der Waals surface area (Å²) in [6.45, 7) is 6.31. The Morgan fingerprint density at radius 2 is 1.98 bits per heavy atom. The average Bonchev–Trinajstić information content (AvgIpc) is 3.35. The lowest BCUT2D eigenvalue weighted by Crippen LogP contribution is -2.48. The summed E-state index contributed by atoms with van der Waals surface area (Å²) in [5.41, 5.74) is 2.36. The van der Waals surface area contributed by atoms with Crippen molar-refractivity contribution in [3.05, 3.63) is 81.9 Å². The summed E-state index contributed by atoms with van der Waals surface area (Å²) in [4.78, 5) is 25.7. The lowest BCUT2D eigenvalue weighted by Gasteiger charge is -2.38. The van der Waals surface area contributed by atoms with Crippen LogP contribution in [-0.4, -0.2) is 69.4 Å². The number of aromatic nitrogens is 3. The van der Waals surface area contributed by atoms with Gasteiger partial charge in [0.2, 0.25) is 5.88 Å². The summed E-state index contributed by atoms with van der Waals surface area (Å²) < 4.78 is 27.9. The summed E-state index contributed by atoms with van der Waals surface area (Å²) in [5, 5.41) is 19.0. The predicted molar refractivity (Wildman–Crippen MR) is 158 cm³/mol. The predicted octanol–water partition coefficient (Wildman–Crippen LogP) is 5.04. The molecule has 1 unspecified atom stereocenters. The number of piperazine rings is 1. The van der Waals surface area contributed by atoms with Crippen LogP contribution in [0, 0.1) is 17.1 Å². The quantitative estimate of drug-likeness (QED) is 0.280. The molecule has 2 atom stereocenters. The van der Waals surface area contributed by atoms with Gasteiger partial charge in [0.15, 0.2) is 0 Å². The van der Waals surface area contributed by atoms with Crippen LogP contribution in [0.5, 0.6) is 5.88 Å². The maximum Gasteiger partial charge on any atom is 0.335 e. The van der Waals surface area contributed by atoms with Crippen LogP contribution in [0.3, 0.4) is 0 Å². The SMILES string of the molecule is CC(c1nc2ccc(C(=O)O)cc2n1C[C@@H]1CCO1)N1CCN(c2cc(Cl)cc(OCc3ccc(C#N)cc3F)n2)CC1. The van der Waals surface area contributed by atoms with E-state index in [0.717, 1.165) is 43.0 Å². The van der Waals surface area contributed by atoms with Gasteiger partial charge in [-0.3, -0.25) is 4.90 Å². The number of pyridine rings is 1. The number of carbonyl (C=O) groups is 1. The molecule has 2 aliphatic rings. The zero-order valence-corrected chi connectivity index (χ0v) is 24.3. The summed E-state index contributed by atoms with van der Waals surface area (Å²) in [7, 11) is 0. The van der Waals surface area contributed by atoms with E-state index in [1.807, 2.05) is 6.07 Å². The van der Waals surface area contributed by atoms with Gasteiger partial charge in [-0.25, -0.2) is 14.2 Å². The zero-order valence-electron chi connectivity index (χ0n) is 23.5. The van der Waals surface area contributed by atoms with E-state index in [9.17, 15) is 14.3 Å². The maximum absolute atomic E-state index is 14.3. The highest BCUT2D eigenvalue weighted by Crippen LogP contribution is 2.30. The first-order valence-corrected chi connectivity index (χ1v) is 14.5. The molecular formula is C31H30ClFN6O4. The number of ether oxygens (including phenoxy) is 2. The molecule has 1 N–H and O–H groups in total. The molecule has 0 bridgehead atoms. The minimum Gasteiger partial charge on any atom is -0.478 e. The second-order valence-electron chi connectivity index (χ2n) is 10.8. The second-order valence-corrected chi connectivity index (χ2v) is 11.2. The van der Waals surface area contributed by atoms with Crippen molar-refractivity contribution in [3.63, 3.8) is 0 Å². The van der Waals surface area contributed by atoms with Gasteiger partial charge in [0, 0.05) is 49.4 Å². The number of rotatable bonds is 9. The Balaban J connectivity index is 1.15. The van der Waals surface area contributed by atoms with Crippen molar-refractivity contribution in [1.82, 2.24) is 19.4 Å². The number of halogens is 2. The molecule has 2 aromatic heterocycles. The van der Waals surface area contributed by atoms with Crippen LogP contribution >= 0.6 is 11.6 Å². The second kappa shape index (κ2) is 12.2. The number of aromatic carboxylic acids is 1. The number of nitrogens with zero attached hydrogens (tertiary/aromatic N) is 6. The fourth-order valence-electron chi connectivity index (χ4n) is 5.50. The maximum atomic E-state index is 14.3. The molecule has 222 valence electrons. The van der Waals surface area contributed by atoms with Gasteiger partial charge in [0.1, 0.15) is 24.1 Å². The highest BCUT2D eigenvalue weighted by atomic mass is 35.5. The van der Waals surface area contributed by atoms with Crippen molar-refractivity contribution in [3.8, 4) is 11.9 Å². The van der Waals surface area contributed by atoms with E-state index in [2.05, 4.69) is 26.3 Å². The van der Waals surface area contributed by atoms with E-state index >= 15 is 0 Å². The molecule has 4 aromatic rings. The Morgan fingerprint density at radius 3 is 2.65 bits per heavy atom. The van der Waals surface area contributed by atoms with Crippen molar-refractivity contribution in [2.75, 3.05) is 37.7 Å². The third kappa shape index (κ3) is 6.13. The third-order valence-corrected chi connectivity index (χ3v) is 8.29. The highest BCUT2D eigenvalue weighted by Gasteiger charge is 2.29. The van der Waals surface area contributed by atoms with Gasteiger partial charge in [0.05, 0.1) is 46.9 Å². The fraction of sp³-hybridized carbons (Fsp3) is 0.355. The van der Waals surface area contributed by atoms with Gasteiger partial charge in [-0.05, 0) is 49.7 Å². The van der Waals surface area contributed by atoms with Crippen molar-refractivity contribution >= 4 is 34.4 Å². The summed E-state index contributed by atoms with van der Waals surface area (Å²) >= 11 is 6.40. The number of anilines is 1. The molecule has 2 fully saturated rings. The molecule has 0 radical (unpaired) electrons. The van der Waals surface area contributed by atoms with Crippen LogP contribution in [0.25, 0.3) is 11.0 Å². The molecule has 2 aromatic carbocycles. The van der Waals surface area contributed by atoms with Crippen molar-refractivity contribution in [2.45, 2.75) is 38.6 Å². The number of hydrogen-bond acceptors (Lipinski definition) is 8. The van der Waals surface area contributed by atoms with Crippen LogP contribution in [0.4, 0.5) is 10.2 Å². The van der Waals surface area contributed by atoms with Crippen LogP contribution in [0.2, 0.25) is 5.02 Å². The number of carboxylic acid groups (broad SMARTS) is 1.